The minimum Gasteiger partial charge on any atom is -0.485 e. The van der Waals surface area contributed by atoms with Crippen molar-refractivity contribution in [1.82, 2.24) is 15.0 Å². The van der Waals surface area contributed by atoms with Gasteiger partial charge in [-0.3, -0.25) is 0 Å². The Bertz CT molecular complexity index is 592. The summed E-state index contributed by atoms with van der Waals surface area (Å²) in [4.78, 5) is 11.7. The van der Waals surface area contributed by atoms with E-state index in [2.05, 4.69) is 34.9 Å². The van der Waals surface area contributed by atoms with Crippen molar-refractivity contribution in [3.63, 3.8) is 0 Å². The summed E-state index contributed by atoms with van der Waals surface area (Å²) in [6.07, 6.45) is 0. The number of aryl methyl sites for hydroxylation is 1. The summed E-state index contributed by atoms with van der Waals surface area (Å²) < 4.78 is 5.76. The Morgan fingerprint density at radius 1 is 1.10 bits per heavy atom. The van der Waals surface area contributed by atoms with Crippen molar-refractivity contribution in [3.8, 4) is 5.75 Å². The maximum Gasteiger partial charge on any atom is 0.225 e. The molecular weight excluding hydrogens is 254 g/mol. The molecule has 4 N–H and O–H groups in total. The summed E-state index contributed by atoms with van der Waals surface area (Å²) >= 11 is 0. The molecular formula is C14H19N5O. The number of rotatable bonds is 4. The molecule has 1 aromatic carbocycles. The first-order valence-electron chi connectivity index (χ1n) is 6.45. The van der Waals surface area contributed by atoms with Gasteiger partial charge in [-0.25, -0.2) is 0 Å². The fourth-order valence-corrected chi connectivity index (χ4v) is 1.79. The molecule has 2 aromatic rings. The largest absolute Gasteiger partial charge is 0.485 e. The Labute approximate surface area is 118 Å². The van der Waals surface area contributed by atoms with E-state index < -0.39 is 0 Å². The summed E-state index contributed by atoms with van der Waals surface area (Å²) in [6, 6.07) is 6.18. The lowest BCUT2D eigenvalue weighted by atomic mass is 10.0. The molecule has 0 aliphatic heterocycles. The normalized spacial score (nSPS) is 10.8. The van der Waals surface area contributed by atoms with E-state index in [-0.39, 0.29) is 18.5 Å². The van der Waals surface area contributed by atoms with E-state index in [1.54, 1.807) is 0 Å². The second-order valence-electron chi connectivity index (χ2n) is 4.94. The molecule has 0 aliphatic carbocycles. The highest BCUT2D eigenvalue weighted by Crippen LogP contribution is 2.24. The predicted octanol–water partition coefficient (Wildman–Crippen LogP) is 2.05. The molecule has 0 fully saturated rings. The maximum absolute atomic E-state index is 5.76. The van der Waals surface area contributed by atoms with Gasteiger partial charge in [0.2, 0.25) is 11.9 Å². The van der Waals surface area contributed by atoms with E-state index in [0.29, 0.717) is 11.7 Å². The Morgan fingerprint density at radius 2 is 1.75 bits per heavy atom. The maximum atomic E-state index is 5.76. The summed E-state index contributed by atoms with van der Waals surface area (Å²) in [6.45, 7) is 6.48. The van der Waals surface area contributed by atoms with Crippen LogP contribution in [0, 0.1) is 6.92 Å². The number of hydrogen-bond donors (Lipinski definition) is 2. The predicted molar refractivity (Wildman–Crippen MR) is 78.3 cm³/mol. The monoisotopic (exact) mass is 273 g/mol. The highest BCUT2D eigenvalue weighted by Gasteiger charge is 2.07. The summed E-state index contributed by atoms with van der Waals surface area (Å²) in [5.41, 5.74) is 13.3. The molecule has 2 rings (SSSR count). The van der Waals surface area contributed by atoms with E-state index in [1.165, 1.54) is 5.56 Å². The molecule has 1 heterocycles. The molecule has 20 heavy (non-hydrogen) atoms. The van der Waals surface area contributed by atoms with Crippen molar-refractivity contribution in [2.24, 2.45) is 0 Å². The lowest BCUT2D eigenvalue weighted by Crippen LogP contribution is -2.09. The molecule has 0 saturated heterocycles. The average molecular weight is 273 g/mol. The van der Waals surface area contributed by atoms with Crippen LogP contribution in [0.5, 0.6) is 5.75 Å². The highest BCUT2D eigenvalue weighted by atomic mass is 16.5. The van der Waals surface area contributed by atoms with E-state index in [1.807, 2.05) is 19.1 Å². The van der Waals surface area contributed by atoms with Gasteiger partial charge in [0, 0.05) is 0 Å². The van der Waals surface area contributed by atoms with Crippen molar-refractivity contribution in [1.29, 1.82) is 0 Å². The van der Waals surface area contributed by atoms with E-state index in [0.717, 1.165) is 11.3 Å². The van der Waals surface area contributed by atoms with Crippen LogP contribution in [0.3, 0.4) is 0 Å². The number of nitrogen functional groups attached to an aromatic ring is 2. The minimum atomic E-state index is 0.101. The molecule has 0 atom stereocenters. The van der Waals surface area contributed by atoms with Crippen LogP contribution in [-0.4, -0.2) is 15.0 Å². The first kappa shape index (κ1) is 14.0. The van der Waals surface area contributed by atoms with Crippen LogP contribution < -0.4 is 16.2 Å². The number of nitrogens with two attached hydrogens (primary N) is 2. The number of ether oxygens (including phenoxy) is 1. The summed E-state index contributed by atoms with van der Waals surface area (Å²) in [5.74, 6) is 1.88. The van der Waals surface area contributed by atoms with Crippen molar-refractivity contribution >= 4 is 11.9 Å². The van der Waals surface area contributed by atoms with Gasteiger partial charge in [0.15, 0.2) is 5.82 Å². The van der Waals surface area contributed by atoms with Gasteiger partial charge in [-0.2, -0.15) is 15.0 Å². The van der Waals surface area contributed by atoms with Crippen LogP contribution in [0.2, 0.25) is 0 Å². The first-order chi connectivity index (χ1) is 9.45. The van der Waals surface area contributed by atoms with Gasteiger partial charge < -0.3 is 16.2 Å². The smallest absolute Gasteiger partial charge is 0.225 e. The van der Waals surface area contributed by atoms with Crippen molar-refractivity contribution in [2.45, 2.75) is 33.3 Å². The van der Waals surface area contributed by atoms with Gasteiger partial charge in [-0.15, -0.1) is 0 Å². The van der Waals surface area contributed by atoms with Crippen LogP contribution >= 0.6 is 0 Å². The number of hydrogen-bond acceptors (Lipinski definition) is 6. The lowest BCUT2D eigenvalue weighted by molar-refractivity contribution is 0.293. The zero-order valence-corrected chi connectivity index (χ0v) is 11.9. The van der Waals surface area contributed by atoms with Gasteiger partial charge in [-0.05, 0) is 30.0 Å². The molecule has 0 spiro atoms. The molecule has 0 radical (unpaired) electrons. The van der Waals surface area contributed by atoms with Crippen LogP contribution in [0.25, 0.3) is 0 Å². The molecule has 1 aromatic heterocycles. The average Bonchev–Trinajstić information content (AvgIpc) is 2.36. The molecule has 0 bridgehead atoms. The molecule has 106 valence electrons. The Morgan fingerprint density at radius 3 is 2.35 bits per heavy atom. The van der Waals surface area contributed by atoms with E-state index >= 15 is 0 Å². The number of anilines is 2. The van der Waals surface area contributed by atoms with Crippen molar-refractivity contribution in [2.75, 3.05) is 11.5 Å². The molecule has 0 unspecified atom stereocenters. The highest BCUT2D eigenvalue weighted by molar-refractivity contribution is 5.38. The van der Waals surface area contributed by atoms with Gasteiger partial charge in [0.05, 0.1) is 0 Å². The quantitative estimate of drug-likeness (QED) is 0.884. The van der Waals surface area contributed by atoms with Crippen LogP contribution in [0.15, 0.2) is 18.2 Å². The molecule has 6 nitrogen and oxygen atoms in total. The number of benzene rings is 1. The standard InChI is InChI=1S/C14H19N5O/c1-8(2)10-5-4-9(3)11(6-10)20-7-12-17-13(15)19-14(16)18-12/h4-6,8H,7H2,1-3H3,(H4,15,16,17,18,19). The molecule has 0 saturated carbocycles. The van der Waals surface area contributed by atoms with Gasteiger partial charge in [0.25, 0.3) is 0 Å². The Balaban J connectivity index is 2.16. The Hall–Kier alpha value is -2.37. The summed E-state index contributed by atoms with van der Waals surface area (Å²) in [5, 5.41) is 0. The number of aromatic nitrogens is 3. The lowest BCUT2D eigenvalue weighted by Gasteiger charge is -2.12. The SMILES string of the molecule is Cc1ccc(C(C)C)cc1OCc1nc(N)nc(N)n1. The topological polar surface area (TPSA) is 99.9 Å². The van der Waals surface area contributed by atoms with Crippen LogP contribution in [0.1, 0.15) is 36.7 Å². The second-order valence-corrected chi connectivity index (χ2v) is 4.94. The van der Waals surface area contributed by atoms with Crippen LogP contribution in [-0.2, 0) is 6.61 Å². The third-order valence-corrected chi connectivity index (χ3v) is 2.95. The van der Waals surface area contributed by atoms with Crippen molar-refractivity contribution < 1.29 is 4.74 Å². The summed E-state index contributed by atoms with van der Waals surface area (Å²) in [7, 11) is 0. The van der Waals surface area contributed by atoms with Gasteiger partial charge >= 0.3 is 0 Å². The first-order valence-corrected chi connectivity index (χ1v) is 6.45. The molecule has 6 heteroatoms. The van der Waals surface area contributed by atoms with Crippen molar-refractivity contribution in [3.05, 3.63) is 35.2 Å². The van der Waals surface area contributed by atoms with Gasteiger partial charge in [0.1, 0.15) is 12.4 Å². The zero-order valence-electron chi connectivity index (χ0n) is 11.9. The van der Waals surface area contributed by atoms with Gasteiger partial charge in [-0.1, -0.05) is 26.0 Å². The number of nitrogens with zero attached hydrogens (tertiary/aromatic N) is 3. The fourth-order valence-electron chi connectivity index (χ4n) is 1.79. The molecule has 0 aliphatic rings. The molecule has 0 amide bonds. The second kappa shape index (κ2) is 5.73. The third-order valence-electron chi connectivity index (χ3n) is 2.95. The minimum absolute atomic E-state index is 0.101. The van der Waals surface area contributed by atoms with E-state index in [4.69, 9.17) is 16.2 Å². The fraction of sp³-hybridized carbons (Fsp3) is 0.357. The third kappa shape index (κ3) is 3.34. The Kier molecular flexibility index (Phi) is 4.02. The zero-order chi connectivity index (χ0) is 14.7. The van der Waals surface area contributed by atoms with E-state index in [9.17, 15) is 0 Å². The van der Waals surface area contributed by atoms with Crippen LogP contribution in [0.4, 0.5) is 11.9 Å².